The fraction of sp³-hybridized carbons (Fsp3) is 0.333. The minimum Gasteiger partial charge on any atom is -0.367 e. The molecule has 1 aromatic carbocycles. The number of pyridine rings is 1. The average molecular weight is 448 g/mol. The van der Waals surface area contributed by atoms with Crippen LogP contribution in [0.1, 0.15) is 35.6 Å². The Kier molecular flexibility index (Phi) is 5.20. The molecule has 2 atom stereocenters. The van der Waals surface area contributed by atoms with Crippen molar-refractivity contribution in [3.63, 3.8) is 0 Å². The summed E-state index contributed by atoms with van der Waals surface area (Å²) in [6, 6.07) is 5.67. The highest BCUT2D eigenvalue weighted by Crippen LogP contribution is 2.29. The summed E-state index contributed by atoms with van der Waals surface area (Å²) in [6.45, 7) is 9.60. The summed E-state index contributed by atoms with van der Waals surface area (Å²) in [7, 11) is 0. The number of benzene rings is 1. The van der Waals surface area contributed by atoms with Crippen molar-refractivity contribution in [2.24, 2.45) is 0 Å². The Morgan fingerprint density at radius 2 is 1.82 bits per heavy atom. The SMILES string of the molecule is Cc1cn2c(C)c(NC(=O)c3ccc(N4C[C@@H](C)N[C@H](C)C4)c4nccnc34)cc(F)c2n1. The van der Waals surface area contributed by atoms with Crippen LogP contribution in [0.5, 0.6) is 0 Å². The molecule has 0 bridgehead atoms. The van der Waals surface area contributed by atoms with E-state index in [1.807, 2.05) is 13.0 Å². The highest BCUT2D eigenvalue weighted by Gasteiger charge is 2.25. The van der Waals surface area contributed by atoms with Gasteiger partial charge in [0.15, 0.2) is 11.5 Å². The van der Waals surface area contributed by atoms with E-state index in [0.29, 0.717) is 45.8 Å². The van der Waals surface area contributed by atoms with Gasteiger partial charge in [-0.3, -0.25) is 19.2 Å². The molecule has 1 aliphatic heterocycles. The fourth-order valence-corrected chi connectivity index (χ4v) is 4.67. The smallest absolute Gasteiger partial charge is 0.257 e. The van der Waals surface area contributed by atoms with E-state index in [1.54, 1.807) is 36.0 Å². The second-order valence-electron chi connectivity index (χ2n) is 8.78. The van der Waals surface area contributed by atoms with Crippen LogP contribution in [-0.4, -0.2) is 50.4 Å². The van der Waals surface area contributed by atoms with E-state index in [0.717, 1.165) is 18.8 Å². The molecule has 0 aliphatic carbocycles. The zero-order valence-electron chi connectivity index (χ0n) is 19.1. The third kappa shape index (κ3) is 3.78. The van der Waals surface area contributed by atoms with E-state index in [1.165, 1.54) is 6.07 Å². The second-order valence-corrected chi connectivity index (χ2v) is 8.78. The van der Waals surface area contributed by atoms with Gasteiger partial charge < -0.3 is 15.5 Å². The van der Waals surface area contributed by atoms with Gasteiger partial charge in [0.25, 0.3) is 5.91 Å². The molecule has 1 saturated heterocycles. The van der Waals surface area contributed by atoms with E-state index in [-0.39, 0.29) is 11.6 Å². The highest BCUT2D eigenvalue weighted by molar-refractivity contribution is 6.13. The van der Waals surface area contributed by atoms with Gasteiger partial charge >= 0.3 is 0 Å². The third-order valence-corrected chi connectivity index (χ3v) is 6.06. The molecule has 1 aliphatic rings. The summed E-state index contributed by atoms with van der Waals surface area (Å²) in [5, 5.41) is 6.38. The van der Waals surface area contributed by atoms with Gasteiger partial charge in [-0.1, -0.05) is 0 Å². The number of imidazole rings is 1. The number of carbonyl (C=O) groups excluding carboxylic acids is 1. The number of piperazine rings is 1. The maximum atomic E-state index is 14.6. The number of nitrogens with zero attached hydrogens (tertiary/aromatic N) is 5. The molecule has 2 N–H and O–H groups in total. The number of carbonyl (C=O) groups is 1. The van der Waals surface area contributed by atoms with Crippen LogP contribution in [0.25, 0.3) is 16.7 Å². The highest BCUT2D eigenvalue weighted by atomic mass is 19.1. The number of nitrogens with one attached hydrogen (secondary N) is 2. The van der Waals surface area contributed by atoms with Crippen molar-refractivity contribution < 1.29 is 9.18 Å². The van der Waals surface area contributed by atoms with Crippen molar-refractivity contribution in [3.8, 4) is 0 Å². The lowest BCUT2D eigenvalue weighted by Gasteiger charge is -2.38. The fourth-order valence-electron chi connectivity index (χ4n) is 4.67. The Balaban J connectivity index is 1.53. The van der Waals surface area contributed by atoms with E-state index in [9.17, 15) is 9.18 Å². The first kappa shape index (κ1) is 21.3. The standard InChI is InChI=1S/C24H26FN7O/c1-13-10-31(11-14(2)28-13)20-6-5-17(21-22(20)27-8-7-26-21)24(33)30-19-9-18(25)23-29-15(3)12-32(23)16(19)4/h5-9,12-14,28H,10-11H2,1-4H3,(H,30,33)/t13-,14-/m1/s1. The van der Waals surface area contributed by atoms with Gasteiger partial charge in [-0.05, 0) is 39.8 Å². The van der Waals surface area contributed by atoms with E-state index < -0.39 is 5.82 Å². The van der Waals surface area contributed by atoms with Crippen LogP contribution < -0.4 is 15.5 Å². The number of rotatable bonds is 3. The second kappa shape index (κ2) is 8.08. The lowest BCUT2D eigenvalue weighted by Crippen LogP contribution is -2.54. The number of halogens is 1. The Hall–Kier alpha value is -3.59. The van der Waals surface area contributed by atoms with Crippen LogP contribution in [-0.2, 0) is 0 Å². The summed E-state index contributed by atoms with van der Waals surface area (Å²) in [6.07, 6.45) is 4.96. The molecule has 0 radical (unpaired) electrons. The van der Waals surface area contributed by atoms with Gasteiger partial charge in [0.05, 0.1) is 22.6 Å². The van der Waals surface area contributed by atoms with E-state index >= 15 is 0 Å². The molecule has 0 saturated carbocycles. The van der Waals surface area contributed by atoms with Gasteiger partial charge in [-0.15, -0.1) is 0 Å². The summed E-state index contributed by atoms with van der Waals surface area (Å²) in [5.41, 5.74) is 4.55. The summed E-state index contributed by atoms with van der Waals surface area (Å²) in [5.74, 6) is -0.862. The molecule has 4 heterocycles. The van der Waals surface area contributed by atoms with Crippen LogP contribution >= 0.6 is 0 Å². The summed E-state index contributed by atoms with van der Waals surface area (Å²) >= 11 is 0. The molecule has 3 aromatic heterocycles. The lowest BCUT2D eigenvalue weighted by molar-refractivity contribution is 0.102. The van der Waals surface area contributed by atoms with Crippen molar-refractivity contribution in [2.75, 3.05) is 23.3 Å². The zero-order valence-corrected chi connectivity index (χ0v) is 19.1. The lowest BCUT2D eigenvalue weighted by atomic mass is 10.1. The Morgan fingerprint density at radius 1 is 1.12 bits per heavy atom. The molecule has 4 aromatic rings. The summed E-state index contributed by atoms with van der Waals surface area (Å²) in [4.78, 5) is 28.8. The van der Waals surface area contributed by atoms with E-state index in [2.05, 4.69) is 44.3 Å². The molecular weight excluding hydrogens is 421 g/mol. The van der Waals surface area contributed by atoms with Gasteiger partial charge in [0.2, 0.25) is 0 Å². The number of anilines is 2. The minimum absolute atomic E-state index is 0.239. The molecule has 1 fully saturated rings. The van der Waals surface area contributed by atoms with Crippen LogP contribution in [0.3, 0.4) is 0 Å². The first-order valence-electron chi connectivity index (χ1n) is 11.0. The average Bonchev–Trinajstić information content (AvgIpc) is 3.18. The molecule has 170 valence electrons. The van der Waals surface area contributed by atoms with Crippen molar-refractivity contribution >= 4 is 34.0 Å². The Bertz CT molecular complexity index is 1370. The van der Waals surface area contributed by atoms with Crippen molar-refractivity contribution in [3.05, 3.63) is 59.6 Å². The van der Waals surface area contributed by atoms with Crippen LogP contribution in [0, 0.1) is 19.7 Å². The van der Waals surface area contributed by atoms with Crippen LogP contribution in [0.15, 0.2) is 36.8 Å². The topological polar surface area (TPSA) is 87.5 Å². The Labute approximate surface area is 190 Å². The number of aromatic nitrogens is 4. The quantitative estimate of drug-likeness (QED) is 0.500. The molecule has 0 spiro atoms. The zero-order chi connectivity index (χ0) is 23.3. The summed E-state index contributed by atoms with van der Waals surface area (Å²) < 4.78 is 16.2. The number of amides is 1. The third-order valence-electron chi connectivity index (χ3n) is 6.06. The first-order chi connectivity index (χ1) is 15.8. The minimum atomic E-state index is -0.494. The van der Waals surface area contributed by atoms with E-state index in [4.69, 9.17) is 0 Å². The first-order valence-corrected chi connectivity index (χ1v) is 11.0. The predicted octanol–water partition coefficient (Wildman–Crippen LogP) is 3.47. The van der Waals surface area contributed by atoms with Crippen molar-refractivity contribution in [1.29, 1.82) is 0 Å². The molecule has 0 unspecified atom stereocenters. The maximum absolute atomic E-state index is 14.6. The molecule has 9 heteroatoms. The van der Waals surface area contributed by atoms with Crippen molar-refractivity contribution in [2.45, 2.75) is 39.8 Å². The van der Waals surface area contributed by atoms with Gasteiger partial charge in [0.1, 0.15) is 11.0 Å². The maximum Gasteiger partial charge on any atom is 0.257 e. The predicted molar refractivity (Wildman–Crippen MR) is 126 cm³/mol. The number of aryl methyl sites for hydroxylation is 2. The largest absolute Gasteiger partial charge is 0.367 e. The molecule has 1 amide bonds. The van der Waals surface area contributed by atoms with Gasteiger partial charge in [-0.2, -0.15) is 0 Å². The molecule has 8 nitrogen and oxygen atoms in total. The molecule has 33 heavy (non-hydrogen) atoms. The number of hydrogen-bond donors (Lipinski definition) is 2. The number of hydrogen-bond acceptors (Lipinski definition) is 6. The van der Waals surface area contributed by atoms with Crippen LogP contribution in [0.4, 0.5) is 15.8 Å². The molecular formula is C24H26FN7O. The Morgan fingerprint density at radius 3 is 2.55 bits per heavy atom. The monoisotopic (exact) mass is 447 g/mol. The van der Waals surface area contributed by atoms with Crippen LogP contribution in [0.2, 0.25) is 0 Å². The normalized spacial score (nSPS) is 18.8. The van der Waals surface area contributed by atoms with Crippen molar-refractivity contribution in [1.82, 2.24) is 24.7 Å². The van der Waals surface area contributed by atoms with Gasteiger partial charge in [0, 0.05) is 55.5 Å². The molecule has 5 rings (SSSR count). The van der Waals surface area contributed by atoms with Gasteiger partial charge in [-0.25, -0.2) is 9.37 Å². The number of fused-ring (bicyclic) bond motifs is 2.